The predicted octanol–water partition coefficient (Wildman–Crippen LogP) is 13.9. The fourth-order valence-corrected chi connectivity index (χ4v) is 11.0. The third-order valence-corrected chi connectivity index (χ3v) is 13.1. The summed E-state index contributed by atoms with van der Waals surface area (Å²) in [5, 5.41) is 12.3. The Morgan fingerprint density at radius 2 is 1.11 bits per heavy atom. The lowest BCUT2D eigenvalue weighted by molar-refractivity contribution is 1.02. The van der Waals surface area contributed by atoms with Crippen LogP contribution in [-0.4, -0.2) is 14.5 Å². The van der Waals surface area contributed by atoms with E-state index in [0.29, 0.717) is 5.95 Å². The SMILES string of the molecule is c1ccc(-c2cccc(-c3nc(-n4c5ccccc5c5c6ccccc6c6sc7ccccc7c6c54)nc4sc5c6ccccc6ccc5c34)c2)cc1. The van der Waals surface area contributed by atoms with Crippen molar-refractivity contribution in [3.05, 3.63) is 164 Å². The molecule has 0 amide bonds. The molecule has 3 nitrogen and oxygen atoms in total. The molecule has 0 aliphatic heterocycles. The fraction of sp³-hybridized carbons (Fsp3) is 0. The first-order chi connectivity index (χ1) is 26.3. The zero-order valence-electron chi connectivity index (χ0n) is 28.2. The molecule has 0 aliphatic rings. The number of rotatable bonds is 3. The molecule has 0 aliphatic carbocycles. The first kappa shape index (κ1) is 29.2. The van der Waals surface area contributed by atoms with E-state index in [1.807, 2.05) is 11.3 Å². The van der Waals surface area contributed by atoms with E-state index >= 15 is 0 Å². The molecule has 53 heavy (non-hydrogen) atoms. The van der Waals surface area contributed by atoms with Crippen LogP contribution in [0.1, 0.15) is 0 Å². The minimum absolute atomic E-state index is 0.687. The maximum Gasteiger partial charge on any atom is 0.236 e. The predicted molar refractivity (Wildman–Crippen MR) is 228 cm³/mol. The molecular weight excluding hydrogens is 683 g/mol. The molecule has 0 bridgehead atoms. The third kappa shape index (κ3) is 4.15. The average molecular weight is 710 g/mol. The molecular formula is C48H27N3S2. The van der Waals surface area contributed by atoms with Crippen LogP contribution in [0.3, 0.4) is 0 Å². The fourth-order valence-electron chi connectivity index (χ4n) is 8.50. The first-order valence-corrected chi connectivity index (χ1v) is 19.5. The van der Waals surface area contributed by atoms with Gasteiger partial charge in [-0.25, -0.2) is 9.97 Å². The summed E-state index contributed by atoms with van der Waals surface area (Å²) in [4.78, 5) is 12.2. The van der Waals surface area contributed by atoms with Gasteiger partial charge in [0.25, 0.3) is 0 Å². The number of aromatic nitrogens is 3. The molecule has 0 fully saturated rings. The Kier molecular flexibility index (Phi) is 6.09. The van der Waals surface area contributed by atoms with E-state index in [-0.39, 0.29) is 0 Å². The van der Waals surface area contributed by atoms with E-state index in [1.165, 1.54) is 68.1 Å². The van der Waals surface area contributed by atoms with Gasteiger partial charge in [0.1, 0.15) is 4.83 Å². The molecule has 0 spiro atoms. The van der Waals surface area contributed by atoms with Crippen molar-refractivity contribution in [2.75, 3.05) is 0 Å². The summed E-state index contributed by atoms with van der Waals surface area (Å²) in [5.74, 6) is 0.687. The van der Waals surface area contributed by atoms with E-state index in [9.17, 15) is 0 Å². The summed E-state index contributed by atoms with van der Waals surface area (Å²) >= 11 is 3.64. The third-order valence-electron chi connectivity index (χ3n) is 10.8. The van der Waals surface area contributed by atoms with Crippen molar-refractivity contribution in [1.29, 1.82) is 0 Å². The van der Waals surface area contributed by atoms with Crippen LogP contribution < -0.4 is 0 Å². The quantitative estimate of drug-likeness (QED) is 0.183. The van der Waals surface area contributed by atoms with Gasteiger partial charge in [-0.05, 0) is 45.5 Å². The summed E-state index contributed by atoms with van der Waals surface area (Å²) in [6, 6.07) is 59.1. The van der Waals surface area contributed by atoms with E-state index < -0.39 is 0 Å². The van der Waals surface area contributed by atoms with Gasteiger partial charge in [0, 0.05) is 57.4 Å². The highest BCUT2D eigenvalue weighted by Gasteiger charge is 2.25. The van der Waals surface area contributed by atoms with E-state index in [1.54, 1.807) is 11.3 Å². The van der Waals surface area contributed by atoms with Crippen molar-refractivity contribution < 1.29 is 0 Å². The van der Waals surface area contributed by atoms with Crippen LogP contribution in [0.4, 0.5) is 0 Å². The number of hydrogen-bond acceptors (Lipinski definition) is 4. The van der Waals surface area contributed by atoms with Gasteiger partial charge < -0.3 is 0 Å². The van der Waals surface area contributed by atoms with Crippen LogP contribution in [0.15, 0.2) is 164 Å². The number of nitrogens with zero attached hydrogens (tertiary/aromatic N) is 3. The molecule has 0 N–H and O–H groups in total. The molecule has 4 aromatic heterocycles. The number of para-hydroxylation sites is 1. The topological polar surface area (TPSA) is 30.7 Å². The summed E-state index contributed by atoms with van der Waals surface area (Å²) < 4.78 is 6.17. The maximum atomic E-state index is 5.66. The number of fused-ring (bicyclic) bond motifs is 15. The van der Waals surface area contributed by atoms with Crippen molar-refractivity contribution in [2.45, 2.75) is 0 Å². The number of thiophene rings is 2. The molecule has 4 heterocycles. The highest BCUT2D eigenvalue weighted by atomic mass is 32.1. The standard InChI is InChI=1S/C48H27N3S2/c1-2-13-28(14-3-1)30-16-12-17-31(27-30)43-41-37-26-25-29-15-4-5-18-32(29)45(37)53-47(41)50-48(49-43)51-38-23-10-8-21-35(38)40-33-19-6-7-20-34(33)46-42(44(40)51)36-22-9-11-24-39(36)52-46/h1-27H. The highest BCUT2D eigenvalue weighted by Crippen LogP contribution is 2.48. The van der Waals surface area contributed by atoms with E-state index in [0.717, 1.165) is 38.1 Å². The summed E-state index contributed by atoms with van der Waals surface area (Å²) in [6.07, 6.45) is 0. The Balaban J connectivity index is 1.27. The Hall–Kier alpha value is -6.40. The average Bonchev–Trinajstić information content (AvgIpc) is 3.91. The molecule has 0 saturated heterocycles. The minimum Gasteiger partial charge on any atom is -0.277 e. The van der Waals surface area contributed by atoms with E-state index in [4.69, 9.17) is 9.97 Å². The molecule has 5 heteroatoms. The molecule has 0 radical (unpaired) electrons. The second-order valence-electron chi connectivity index (χ2n) is 13.7. The molecule has 8 aromatic carbocycles. The van der Waals surface area contributed by atoms with E-state index in [2.05, 4.69) is 168 Å². The largest absolute Gasteiger partial charge is 0.277 e. The van der Waals surface area contributed by atoms with Gasteiger partial charge >= 0.3 is 0 Å². The van der Waals surface area contributed by atoms with Crippen molar-refractivity contribution in [2.24, 2.45) is 0 Å². The lowest BCUT2D eigenvalue weighted by Crippen LogP contribution is -2.03. The lowest BCUT2D eigenvalue weighted by Gasteiger charge is -2.12. The van der Waals surface area contributed by atoms with Crippen LogP contribution in [0, 0.1) is 0 Å². The van der Waals surface area contributed by atoms with Crippen molar-refractivity contribution in [3.63, 3.8) is 0 Å². The lowest BCUT2D eigenvalue weighted by atomic mass is 9.99. The van der Waals surface area contributed by atoms with Crippen LogP contribution >= 0.6 is 22.7 Å². The Labute approximate surface area is 311 Å². The monoisotopic (exact) mass is 709 g/mol. The summed E-state index contributed by atoms with van der Waals surface area (Å²) in [5.41, 5.74) is 6.63. The number of hydrogen-bond donors (Lipinski definition) is 0. The van der Waals surface area contributed by atoms with Gasteiger partial charge in [-0.15, -0.1) is 22.7 Å². The Morgan fingerprint density at radius 3 is 2.00 bits per heavy atom. The molecule has 12 rings (SSSR count). The van der Waals surface area contributed by atoms with Gasteiger partial charge in [-0.2, -0.15) is 0 Å². The summed E-state index contributed by atoms with van der Waals surface area (Å²) in [6.45, 7) is 0. The zero-order valence-corrected chi connectivity index (χ0v) is 29.9. The van der Waals surface area contributed by atoms with Crippen molar-refractivity contribution in [3.8, 4) is 28.3 Å². The van der Waals surface area contributed by atoms with Crippen molar-refractivity contribution in [1.82, 2.24) is 14.5 Å². The second kappa shape index (κ2) is 11.1. The minimum atomic E-state index is 0.687. The van der Waals surface area contributed by atoms with Crippen LogP contribution in [0.2, 0.25) is 0 Å². The molecule has 0 atom stereocenters. The summed E-state index contributed by atoms with van der Waals surface area (Å²) in [7, 11) is 0. The van der Waals surface area contributed by atoms with Gasteiger partial charge in [-0.1, -0.05) is 146 Å². The Morgan fingerprint density at radius 1 is 0.415 bits per heavy atom. The number of benzene rings is 8. The van der Waals surface area contributed by atoms with Crippen LogP contribution in [-0.2, 0) is 0 Å². The van der Waals surface area contributed by atoms with Gasteiger partial charge in [0.05, 0.1) is 16.7 Å². The highest BCUT2D eigenvalue weighted by molar-refractivity contribution is 7.27. The smallest absolute Gasteiger partial charge is 0.236 e. The van der Waals surface area contributed by atoms with Gasteiger partial charge in [0.15, 0.2) is 0 Å². The van der Waals surface area contributed by atoms with Gasteiger partial charge in [0.2, 0.25) is 5.95 Å². The second-order valence-corrected chi connectivity index (χ2v) is 15.7. The zero-order chi connectivity index (χ0) is 34.6. The maximum absolute atomic E-state index is 5.66. The normalized spacial score (nSPS) is 12.2. The molecule has 0 saturated carbocycles. The van der Waals surface area contributed by atoms with Crippen LogP contribution in [0.5, 0.6) is 0 Å². The molecule has 12 aromatic rings. The van der Waals surface area contributed by atoms with Gasteiger partial charge in [-0.3, -0.25) is 4.57 Å². The molecule has 246 valence electrons. The van der Waals surface area contributed by atoms with Crippen molar-refractivity contribution >= 4 is 106 Å². The Bertz CT molecular complexity index is 3460. The first-order valence-electron chi connectivity index (χ1n) is 17.8. The van der Waals surface area contributed by atoms with Crippen LogP contribution in [0.25, 0.3) is 112 Å². The molecule has 0 unspecified atom stereocenters.